The lowest BCUT2D eigenvalue weighted by molar-refractivity contribution is 0.122. The first kappa shape index (κ1) is 16.8. The molecular formula is C18H22N2O3S. The number of rotatable bonds is 4. The molecule has 0 aromatic heterocycles. The number of sulfonamides is 1. The molecule has 1 heterocycles. The van der Waals surface area contributed by atoms with Crippen LogP contribution in [-0.2, 0) is 14.8 Å². The van der Waals surface area contributed by atoms with E-state index < -0.39 is 10.0 Å². The van der Waals surface area contributed by atoms with Crippen molar-refractivity contribution in [3.05, 3.63) is 53.6 Å². The summed E-state index contributed by atoms with van der Waals surface area (Å²) in [5, 5.41) is 0. The summed E-state index contributed by atoms with van der Waals surface area (Å²) in [6.45, 7) is 7.08. The Hall–Kier alpha value is -2.05. The molecule has 1 aliphatic rings. The minimum absolute atomic E-state index is 0.267. The Morgan fingerprint density at radius 1 is 1.00 bits per heavy atom. The molecule has 128 valence electrons. The lowest BCUT2D eigenvalue weighted by Gasteiger charge is -2.30. The van der Waals surface area contributed by atoms with Crippen LogP contribution >= 0.6 is 0 Å². The second kappa shape index (κ2) is 6.83. The van der Waals surface area contributed by atoms with Crippen molar-refractivity contribution < 1.29 is 13.2 Å². The normalized spacial score (nSPS) is 15.3. The van der Waals surface area contributed by atoms with Crippen molar-refractivity contribution in [1.29, 1.82) is 0 Å². The van der Waals surface area contributed by atoms with Gasteiger partial charge in [0.05, 0.1) is 18.1 Å². The number of anilines is 2. The number of morpholine rings is 1. The van der Waals surface area contributed by atoms with Crippen molar-refractivity contribution in [3.8, 4) is 0 Å². The van der Waals surface area contributed by atoms with Gasteiger partial charge in [-0.2, -0.15) is 0 Å². The van der Waals surface area contributed by atoms with Gasteiger partial charge in [0, 0.05) is 24.5 Å². The second-order valence-electron chi connectivity index (χ2n) is 6.02. The quantitative estimate of drug-likeness (QED) is 0.925. The molecule has 24 heavy (non-hydrogen) atoms. The zero-order valence-electron chi connectivity index (χ0n) is 14.0. The van der Waals surface area contributed by atoms with Gasteiger partial charge in [0.15, 0.2) is 0 Å². The summed E-state index contributed by atoms with van der Waals surface area (Å²) >= 11 is 0. The van der Waals surface area contributed by atoms with Crippen molar-refractivity contribution in [2.45, 2.75) is 18.7 Å². The average molecular weight is 346 g/mol. The number of nitrogens with zero attached hydrogens (tertiary/aromatic N) is 1. The van der Waals surface area contributed by atoms with Gasteiger partial charge < -0.3 is 9.64 Å². The zero-order chi connectivity index (χ0) is 17.2. The fourth-order valence-corrected chi connectivity index (χ4v) is 3.86. The maximum Gasteiger partial charge on any atom is 0.261 e. The third-order valence-electron chi connectivity index (χ3n) is 4.13. The van der Waals surface area contributed by atoms with Crippen LogP contribution in [0.1, 0.15) is 11.1 Å². The van der Waals surface area contributed by atoms with Crippen LogP contribution in [0.3, 0.4) is 0 Å². The first-order valence-corrected chi connectivity index (χ1v) is 9.47. The smallest absolute Gasteiger partial charge is 0.261 e. The number of nitrogens with one attached hydrogen (secondary N) is 1. The van der Waals surface area contributed by atoms with Crippen LogP contribution in [0.4, 0.5) is 11.4 Å². The van der Waals surface area contributed by atoms with Crippen LogP contribution in [0.15, 0.2) is 47.4 Å². The first-order chi connectivity index (χ1) is 11.5. The Bertz CT molecular complexity index is 811. The molecule has 1 saturated heterocycles. The summed E-state index contributed by atoms with van der Waals surface area (Å²) in [7, 11) is -3.57. The lowest BCUT2D eigenvalue weighted by Crippen LogP contribution is -2.36. The average Bonchev–Trinajstić information content (AvgIpc) is 2.56. The van der Waals surface area contributed by atoms with Gasteiger partial charge in [-0.05, 0) is 49.7 Å². The van der Waals surface area contributed by atoms with E-state index in [1.807, 2.05) is 32.0 Å². The van der Waals surface area contributed by atoms with E-state index in [0.717, 1.165) is 43.1 Å². The molecule has 0 aliphatic carbocycles. The van der Waals surface area contributed by atoms with Crippen molar-refractivity contribution in [1.82, 2.24) is 0 Å². The van der Waals surface area contributed by atoms with Gasteiger partial charge in [0.2, 0.25) is 0 Å². The van der Waals surface area contributed by atoms with E-state index in [4.69, 9.17) is 4.74 Å². The van der Waals surface area contributed by atoms with Gasteiger partial charge in [0.1, 0.15) is 0 Å². The van der Waals surface area contributed by atoms with Crippen LogP contribution in [0.5, 0.6) is 0 Å². The van der Waals surface area contributed by atoms with Gasteiger partial charge in [-0.1, -0.05) is 17.7 Å². The SMILES string of the molecule is Cc1ccc(S(=O)(=O)Nc2ccc(N3CCOCC3)c(C)c2)cc1. The number of benzene rings is 2. The fourth-order valence-electron chi connectivity index (χ4n) is 2.81. The summed E-state index contributed by atoms with van der Waals surface area (Å²) in [6.07, 6.45) is 0. The zero-order valence-corrected chi connectivity index (χ0v) is 14.8. The molecule has 5 nitrogen and oxygen atoms in total. The topological polar surface area (TPSA) is 58.6 Å². The van der Waals surface area contributed by atoms with E-state index in [0.29, 0.717) is 5.69 Å². The highest BCUT2D eigenvalue weighted by Crippen LogP contribution is 2.26. The van der Waals surface area contributed by atoms with Crippen LogP contribution in [0.2, 0.25) is 0 Å². The van der Waals surface area contributed by atoms with Crippen LogP contribution < -0.4 is 9.62 Å². The van der Waals surface area contributed by atoms with E-state index in [2.05, 4.69) is 9.62 Å². The Kier molecular flexibility index (Phi) is 4.78. The standard InChI is InChI=1S/C18H22N2O3S/c1-14-3-6-17(7-4-14)24(21,22)19-16-5-8-18(15(2)13-16)20-9-11-23-12-10-20/h3-8,13,19H,9-12H2,1-2H3. The number of aryl methyl sites for hydroxylation is 2. The minimum atomic E-state index is -3.57. The molecule has 2 aromatic carbocycles. The Labute approximate surface area is 143 Å². The van der Waals surface area contributed by atoms with Gasteiger partial charge in [-0.15, -0.1) is 0 Å². The molecule has 1 N–H and O–H groups in total. The number of hydrogen-bond acceptors (Lipinski definition) is 4. The summed E-state index contributed by atoms with van der Waals surface area (Å²) < 4.78 is 33.0. The highest BCUT2D eigenvalue weighted by molar-refractivity contribution is 7.92. The maximum absolute atomic E-state index is 12.5. The predicted molar refractivity (Wildman–Crippen MR) is 96.2 cm³/mol. The summed E-state index contributed by atoms with van der Waals surface area (Å²) in [4.78, 5) is 2.53. The Morgan fingerprint density at radius 2 is 1.67 bits per heavy atom. The first-order valence-electron chi connectivity index (χ1n) is 7.98. The lowest BCUT2D eigenvalue weighted by atomic mass is 10.1. The molecule has 0 spiro atoms. The second-order valence-corrected chi connectivity index (χ2v) is 7.70. The molecule has 0 atom stereocenters. The predicted octanol–water partition coefficient (Wildman–Crippen LogP) is 2.94. The van der Waals surface area contributed by atoms with E-state index in [-0.39, 0.29) is 4.90 Å². The number of ether oxygens (including phenoxy) is 1. The Morgan fingerprint density at radius 3 is 2.29 bits per heavy atom. The molecule has 1 fully saturated rings. The molecule has 0 bridgehead atoms. The molecule has 2 aromatic rings. The van der Waals surface area contributed by atoms with Crippen LogP contribution in [-0.4, -0.2) is 34.7 Å². The van der Waals surface area contributed by atoms with Gasteiger partial charge >= 0.3 is 0 Å². The summed E-state index contributed by atoms with van der Waals surface area (Å²) in [5.41, 5.74) is 3.77. The fraction of sp³-hybridized carbons (Fsp3) is 0.333. The van der Waals surface area contributed by atoms with Crippen molar-refractivity contribution in [3.63, 3.8) is 0 Å². The van der Waals surface area contributed by atoms with E-state index in [1.165, 1.54) is 0 Å². The molecule has 1 aliphatic heterocycles. The van der Waals surface area contributed by atoms with E-state index >= 15 is 0 Å². The summed E-state index contributed by atoms with van der Waals surface area (Å²) in [5.74, 6) is 0. The maximum atomic E-state index is 12.5. The summed E-state index contributed by atoms with van der Waals surface area (Å²) in [6, 6.07) is 12.5. The van der Waals surface area contributed by atoms with Crippen LogP contribution in [0, 0.1) is 13.8 Å². The molecule has 0 saturated carbocycles. The molecule has 3 rings (SSSR count). The van der Waals surface area contributed by atoms with Crippen LogP contribution in [0.25, 0.3) is 0 Å². The van der Waals surface area contributed by atoms with Gasteiger partial charge in [-0.25, -0.2) is 8.42 Å². The minimum Gasteiger partial charge on any atom is -0.378 e. The van der Waals surface area contributed by atoms with E-state index in [1.54, 1.807) is 24.3 Å². The van der Waals surface area contributed by atoms with Crippen molar-refractivity contribution >= 4 is 21.4 Å². The Balaban J connectivity index is 1.80. The van der Waals surface area contributed by atoms with E-state index in [9.17, 15) is 8.42 Å². The van der Waals surface area contributed by atoms with Crippen molar-refractivity contribution in [2.24, 2.45) is 0 Å². The highest BCUT2D eigenvalue weighted by Gasteiger charge is 2.16. The molecule has 0 unspecified atom stereocenters. The highest BCUT2D eigenvalue weighted by atomic mass is 32.2. The molecule has 0 radical (unpaired) electrons. The number of hydrogen-bond donors (Lipinski definition) is 1. The molecule has 0 amide bonds. The monoisotopic (exact) mass is 346 g/mol. The molecule has 6 heteroatoms. The third kappa shape index (κ3) is 3.71. The largest absolute Gasteiger partial charge is 0.378 e. The third-order valence-corrected chi connectivity index (χ3v) is 5.53. The van der Waals surface area contributed by atoms with Crippen molar-refractivity contribution in [2.75, 3.05) is 35.9 Å². The van der Waals surface area contributed by atoms with Gasteiger partial charge in [0.25, 0.3) is 10.0 Å². The van der Waals surface area contributed by atoms with Gasteiger partial charge in [-0.3, -0.25) is 4.72 Å². The molecular weight excluding hydrogens is 324 g/mol.